The third kappa shape index (κ3) is 9.33. The van der Waals surface area contributed by atoms with E-state index in [0.29, 0.717) is 0 Å². The van der Waals surface area contributed by atoms with Gasteiger partial charge < -0.3 is 14.4 Å². The lowest BCUT2D eigenvalue weighted by molar-refractivity contribution is -0.427. The summed E-state index contributed by atoms with van der Waals surface area (Å²) in [4.78, 5) is 14.4. The Bertz CT molecular complexity index is 1070. The number of nitrogens with zero attached hydrogens (tertiary/aromatic N) is 4. The quantitative estimate of drug-likeness (QED) is 0.376. The summed E-state index contributed by atoms with van der Waals surface area (Å²) in [6.07, 6.45) is 13.2. The normalized spacial score (nSPS) is 12.4. The Morgan fingerprint density at radius 2 is 1.26 bits per heavy atom. The van der Waals surface area contributed by atoms with E-state index in [2.05, 4.69) is 79.3 Å². The van der Waals surface area contributed by atoms with E-state index in [-0.39, 0.29) is 7.43 Å². The maximum atomic E-state index is 10.3. The molecule has 2 heterocycles. The van der Waals surface area contributed by atoms with Gasteiger partial charge in [0.25, 0.3) is 0 Å². The van der Waals surface area contributed by atoms with Crippen molar-refractivity contribution in [1.29, 1.82) is 0 Å². The Morgan fingerprint density at radius 1 is 0.794 bits per heavy atom. The third-order valence-electron chi connectivity index (χ3n) is 5.01. The smallest absolute Gasteiger partial charge is 0.205 e. The first kappa shape index (κ1) is 28.2. The number of aryl methyl sites for hydroxylation is 1. The first-order chi connectivity index (χ1) is 15.8. The van der Waals surface area contributed by atoms with Crippen LogP contribution >= 0.6 is 0 Å². The number of hydrogen-bond donors (Lipinski definition) is 0. The van der Waals surface area contributed by atoms with E-state index in [1.165, 1.54) is 16.9 Å². The highest BCUT2D eigenvalue weighted by atomic mass is 16.1. The molecule has 5 heteroatoms. The number of anilines is 2. The standard InChI is InChI=1S/C14H17N2.C9H11NO.C5H7N.CH4/c1-15(2)13-8-6-12(7-9-13)11-14-5-4-10-16(14)3;1-10(2)9-5-3-8(7-11)4-6-9;1-6-4-2-3-5-6;/h4-11H,1-3H3;3-7H,1-2H3;2-5H,1H3;1H4/q+1;;;. The predicted octanol–water partition coefficient (Wildman–Crippen LogP) is 5.60. The highest BCUT2D eigenvalue weighted by Crippen LogP contribution is 2.16. The lowest BCUT2D eigenvalue weighted by Gasteiger charge is -2.11. The van der Waals surface area contributed by atoms with Crippen LogP contribution in [0.5, 0.6) is 0 Å². The van der Waals surface area contributed by atoms with Gasteiger partial charge in [-0.1, -0.05) is 19.6 Å². The van der Waals surface area contributed by atoms with Crippen LogP contribution in [0.2, 0.25) is 0 Å². The highest BCUT2D eigenvalue weighted by Gasteiger charge is 2.08. The van der Waals surface area contributed by atoms with E-state index in [0.717, 1.165) is 17.5 Å². The summed E-state index contributed by atoms with van der Waals surface area (Å²) in [5.74, 6) is 0. The summed E-state index contributed by atoms with van der Waals surface area (Å²) in [6, 6.07) is 20.0. The zero-order valence-electron chi connectivity index (χ0n) is 20.5. The summed E-state index contributed by atoms with van der Waals surface area (Å²) in [6.45, 7) is 0. The molecule has 0 fully saturated rings. The van der Waals surface area contributed by atoms with Gasteiger partial charge in [0.05, 0.1) is 0 Å². The van der Waals surface area contributed by atoms with Crippen molar-refractivity contribution in [3.05, 3.63) is 102 Å². The number of rotatable bonds is 4. The summed E-state index contributed by atoms with van der Waals surface area (Å²) in [5.41, 5.74) is 5.50. The molecule has 34 heavy (non-hydrogen) atoms. The SMILES string of the molecule is C.CN(C)c1ccc(/C=C2\C=CC=[N+]2C)cc1.CN(C)c1ccc(C=O)cc1.Cn1cccc1. The van der Waals surface area contributed by atoms with Crippen molar-refractivity contribution in [1.82, 2.24) is 4.57 Å². The zero-order chi connectivity index (χ0) is 24.2. The molecular weight excluding hydrogens is 420 g/mol. The van der Waals surface area contributed by atoms with Gasteiger partial charge in [0, 0.05) is 82.8 Å². The lowest BCUT2D eigenvalue weighted by Crippen LogP contribution is -2.08. The monoisotopic (exact) mass is 459 g/mol. The molecule has 0 amide bonds. The van der Waals surface area contributed by atoms with Crippen LogP contribution in [-0.2, 0) is 7.05 Å². The zero-order valence-corrected chi connectivity index (χ0v) is 20.5. The van der Waals surface area contributed by atoms with E-state index >= 15 is 0 Å². The van der Waals surface area contributed by atoms with Crippen LogP contribution in [0.15, 0.2) is 90.9 Å². The van der Waals surface area contributed by atoms with Crippen molar-refractivity contribution in [2.24, 2.45) is 7.05 Å². The molecule has 0 unspecified atom stereocenters. The van der Waals surface area contributed by atoms with Crippen molar-refractivity contribution in [2.45, 2.75) is 7.43 Å². The fourth-order valence-electron chi connectivity index (χ4n) is 2.94. The molecule has 1 aliphatic rings. The molecular formula is C29H39N4O+. The van der Waals surface area contributed by atoms with E-state index in [4.69, 9.17) is 0 Å². The molecule has 5 nitrogen and oxygen atoms in total. The summed E-state index contributed by atoms with van der Waals surface area (Å²) >= 11 is 0. The molecule has 0 aliphatic carbocycles. The number of carbonyl (C=O) groups excluding carboxylic acids is 1. The van der Waals surface area contributed by atoms with E-state index in [9.17, 15) is 4.79 Å². The maximum absolute atomic E-state index is 10.3. The van der Waals surface area contributed by atoms with Gasteiger partial charge in [-0.2, -0.15) is 0 Å². The minimum Gasteiger partial charge on any atom is -0.378 e. The minimum atomic E-state index is 0. The van der Waals surface area contributed by atoms with Crippen molar-refractivity contribution in [3.63, 3.8) is 0 Å². The van der Waals surface area contributed by atoms with Crippen LogP contribution in [0.4, 0.5) is 11.4 Å². The number of carbonyl (C=O) groups is 1. The Hall–Kier alpha value is -3.86. The van der Waals surface area contributed by atoms with Crippen molar-refractivity contribution < 1.29 is 9.37 Å². The van der Waals surface area contributed by atoms with Crippen molar-refractivity contribution in [3.8, 4) is 0 Å². The molecule has 0 atom stereocenters. The summed E-state index contributed by atoms with van der Waals surface area (Å²) in [7, 11) is 12.1. The average Bonchev–Trinajstić information content (AvgIpc) is 3.46. The molecule has 0 saturated carbocycles. The van der Waals surface area contributed by atoms with E-state index in [1.54, 1.807) is 0 Å². The van der Waals surface area contributed by atoms with Crippen LogP contribution in [0.25, 0.3) is 6.08 Å². The number of aldehydes is 1. The van der Waals surface area contributed by atoms with Gasteiger partial charge in [-0.05, 0) is 54.1 Å². The van der Waals surface area contributed by atoms with Gasteiger partial charge in [0.2, 0.25) is 5.70 Å². The average molecular weight is 460 g/mol. The van der Waals surface area contributed by atoms with E-state index in [1.807, 2.05) is 79.4 Å². The number of allylic oxidation sites excluding steroid dienone is 2. The first-order valence-electron chi connectivity index (χ1n) is 10.8. The van der Waals surface area contributed by atoms with E-state index < -0.39 is 0 Å². The molecule has 4 rings (SSSR count). The molecule has 0 spiro atoms. The van der Waals surface area contributed by atoms with Crippen molar-refractivity contribution >= 4 is 30.0 Å². The molecule has 3 aromatic rings. The molecule has 0 saturated heterocycles. The van der Waals surface area contributed by atoms with Crippen LogP contribution in [0, 0.1) is 0 Å². The largest absolute Gasteiger partial charge is 0.378 e. The van der Waals surface area contributed by atoms with Gasteiger partial charge in [0.15, 0.2) is 6.21 Å². The summed E-state index contributed by atoms with van der Waals surface area (Å²) < 4.78 is 4.11. The minimum absolute atomic E-state index is 0. The second kappa shape index (κ2) is 14.3. The second-order valence-corrected chi connectivity index (χ2v) is 8.13. The molecule has 2 aromatic carbocycles. The molecule has 1 aliphatic heterocycles. The van der Waals surface area contributed by atoms with Crippen LogP contribution < -0.4 is 9.80 Å². The third-order valence-corrected chi connectivity index (χ3v) is 5.01. The second-order valence-electron chi connectivity index (χ2n) is 8.13. The fraction of sp³-hybridized carbons (Fsp3) is 0.241. The number of aromatic nitrogens is 1. The Balaban J connectivity index is 0.000000278. The molecule has 0 bridgehead atoms. The van der Waals surface area contributed by atoms with Crippen LogP contribution in [-0.4, -0.2) is 56.9 Å². The maximum Gasteiger partial charge on any atom is 0.205 e. The molecule has 0 N–H and O–H groups in total. The van der Waals surface area contributed by atoms with Gasteiger partial charge in [-0.3, -0.25) is 4.79 Å². The van der Waals surface area contributed by atoms with Crippen LogP contribution in [0.3, 0.4) is 0 Å². The van der Waals surface area contributed by atoms with Gasteiger partial charge in [-0.25, -0.2) is 4.58 Å². The van der Waals surface area contributed by atoms with Crippen molar-refractivity contribution in [2.75, 3.05) is 45.0 Å². The number of likely N-dealkylation sites (N-methyl/N-ethyl adjacent to an activating group) is 1. The number of hydrogen-bond acceptors (Lipinski definition) is 3. The van der Waals surface area contributed by atoms with Gasteiger partial charge >= 0.3 is 0 Å². The molecule has 0 radical (unpaired) electrons. The topological polar surface area (TPSA) is 31.5 Å². The molecule has 180 valence electrons. The number of benzene rings is 2. The Labute approximate surface area is 205 Å². The highest BCUT2D eigenvalue weighted by molar-refractivity contribution is 5.75. The first-order valence-corrected chi connectivity index (χ1v) is 10.8. The van der Waals surface area contributed by atoms with Crippen LogP contribution in [0.1, 0.15) is 23.3 Å². The predicted molar refractivity (Wildman–Crippen MR) is 148 cm³/mol. The van der Waals surface area contributed by atoms with Gasteiger partial charge in [0.1, 0.15) is 13.3 Å². The Morgan fingerprint density at radius 3 is 1.59 bits per heavy atom. The lowest BCUT2D eigenvalue weighted by atomic mass is 10.1. The Kier molecular flexibility index (Phi) is 11.9. The summed E-state index contributed by atoms with van der Waals surface area (Å²) in [5, 5.41) is 0. The molecule has 1 aromatic heterocycles. The van der Waals surface area contributed by atoms with Gasteiger partial charge in [-0.15, -0.1) is 0 Å². The fourth-order valence-corrected chi connectivity index (χ4v) is 2.94.